The third-order valence-electron chi connectivity index (χ3n) is 5.26. The van der Waals surface area contributed by atoms with E-state index in [1.165, 1.54) is 4.52 Å². The second-order valence-electron chi connectivity index (χ2n) is 7.25. The first-order chi connectivity index (χ1) is 14.8. The fourth-order valence-electron chi connectivity index (χ4n) is 3.76. The Bertz CT molecular complexity index is 1280. The van der Waals surface area contributed by atoms with Crippen molar-refractivity contribution in [3.05, 3.63) is 39.6 Å². The molecule has 1 aliphatic rings. The molecule has 0 unspecified atom stereocenters. The number of nitrogen functional groups attached to an aromatic ring is 1. The molecule has 3 aromatic heterocycles. The minimum atomic E-state index is -4.40. The molecule has 0 aliphatic carbocycles. The van der Waals surface area contributed by atoms with Crippen LogP contribution in [0, 0.1) is 0 Å². The molecule has 4 aromatic rings. The van der Waals surface area contributed by atoms with Crippen molar-refractivity contribution in [1.29, 1.82) is 0 Å². The number of para-hydroxylation sites is 1. The van der Waals surface area contributed by atoms with Crippen LogP contribution in [0.3, 0.4) is 0 Å². The summed E-state index contributed by atoms with van der Waals surface area (Å²) in [4.78, 5) is 15.6. The first-order valence-corrected chi connectivity index (χ1v) is 10.4. The molecule has 0 fully saturated rings. The molecule has 1 aliphatic heterocycles. The molecule has 0 radical (unpaired) electrons. The molecule has 0 saturated heterocycles. The second-order valence-corrected chi connectivity index (χ2v) is 8.34. The van der Waals surface area contributed by atoms with Crippen molar-refractivity contribution in [2.24, 2.45) is 0 Å². The minimum Gasteiger partial charge on any atom is -0.494 e. The number of anilines is 1. The highest BCUT2D eigenvalue weighted by Gasteiger charge is 2.36. The van der Waals surface area contributed by atoms with E-state index in [2.05, 4.69) is 25.0 Å². The molecule has 12 heteroatoms. The maximum absolute atomic E-state index is 12.9. The molecule has 5 rings (SSSR count). The summed E-state index contributed by atoms with van der Waals surface area (Å²) in [6.45, 7) is 1.66. The lowest BCUT2D eigenvalue weighted by molar-refractivity contribution is -0.137. The number of benzene rings is 1. The highest BCUT2D eigenvalue weighted by Crippen LogP contribution is 2.36. The summed E-state index contributed by atoms with van der Waals surface area (Å²) in [7, 11) is 1.57. The predicted octanol–water partition coefficient (Wildman–Crippen LogP) is 2.94. The first-order valence-electron chi connectivity index (χ1n) is 9.59. The Morgan fingerprint density at radius 2 is 2.06 bits per heavy atom. The van der Waals surface area contributed by atoms with E-state index in [0.29, 0.717) is 65.8 Å². The number of hydrogen-bond donors (Lipinski definition) is 1. The molecule has 0 spiro atoms. The van der Waals surface area contributed by atoms with Gasteiger partial charge in [-0.2, -0.15) is 17.7 Å². The zero-order valence-electron chi connectivity index (χ0n) is 16.5. The van der Waals surface area contributed by atoms with E-state index in [-0.39, 0.29) is 5.95 Å². The maximum atomic E-state index is 12.9. The van der Waals surface area contributed by atoms with Crippen molar-refractivity contribution in [2.75, 3.05) is 25.9 Å². The van der Waals surface area contributed by atoms with E-state index in [0.717, 1.165) is 16.7 Å². The van der Waals surface area contributed by atoms with Crippen LogP contribution in [0.1, 0.15) is 21.4 Å². The normalized spacial score (nSPS) is 15.0. The number of nitrogens with zero attached hydrogens (tertiary/aromatic N) is 6. The molecule has 0 amide bonds. The van der Waals surface area contributed by atoms with Gasteiger partial charge in [-0.05, 0) is 18.6 Å². The van der Waals surface area contributed by atoms with Crippen LogP contribution in [0.2, 0.25) is 0 Å². The number of methoxy groups -OCH3 is 1. The Morgan fingerprint density at radius 3 is 2.84 bits per heavy atom. The summed E-state index contributed by atoms with van der Waals surface area (Å²) in [5.74, 6) is 1.39. The molecule has 1 aromatic carbocycles. The Morgan fingerprint density at radius 1 is 1.23 bits per heavy atom. The van der Waals surface area contributed by atoms with Gasteiger partial charge in [-0.3, -0.25) is 4.90 Å². The molecule has 0 bridgehead atoms. The van der Waals surface area contributed by atoms with Gasteiger partial charge in [0.05, 0.1) is 12.8 Å². The predicted molar refractivity (Wildman–Crippen MR) is 109 cm³/mol. The third-order valence-corrected chi connectivity index (χ3v) is 6.46. The second kappa shape index (κ2) is 7.31. The molecule has 31 heavy (non-hydrogen) atoms. The zero-order valence-corrected chi connectivity index (χ0v) is 17.3. The van der Waals surface area contributed by atoms with Gasteiger partial charge in [0.2, 0.25) is 5.95 Å². The van der Waals surface area contributed by atoms with E-state index in [9.17, 15) is 13.2 Å². The number of alkyl halides is 3. The number of ether oxygens (including phenoxy) is 1. The fourth-order valence-corrected chi connectivity index (χ4v) is 4.69. The van der Waals surface area contributed by atoms with Crippen LogP contribution in [0.25, 0.3) is 16.6 Å². The van der Waals surface area contributed by atoms with Crippen LogP contribution >= 0.6 is 11.3 Å². The number of thiazole rings is 1. The van der Waals surface area contributed by atoms with Gasteiger partial charge >= 0.3 is 6.18 Å². The van der Waals surface area contributed by atoms with E-state index in [1.807, 2.05) is 12.1 Å². The summed E-state index contributed by atoms with van der Waals surface area (Å²) in [5, 5.41) is 4.47. The topological polar surface area (TPSA) is 94.5 Å². The maximum Gasteiger partial charge on any atom is 0.443 e. The number of aromatic nitrogens is 5. The van der Waals surface area contributed by atoms with Crippen LogP contribution in [-0.4, -0.2) is 49.7 Å². The lowest BCUT2D eigenvalue weighted by atomic mass is 10.2. The van der Waals surface area contributed by atoms with Crippen LogP contribution < -0.4 is 10.5 Å². The average Bonchev–Trinajstić information content (AvgIpc) is 3.36. The van der Waals surface area contributed by atoms with Crippen LogP contribution in [0.5, 0.6) is 5.75 Å². The van der Waals surface area contributed by atoms with Crippen LogP contribution in [0.15, 0.2) is 18.2 Å². The summed E-state index contributed by atoms with van der Waals surface area (Å²) in [5.41, 5.74) is 7.79. The number of nitrogens with two attached hydrogens (primary N) is 1. The molecule has 8 nitrogen and oxygen atoms in total. The molecule has 0 atom stereocenters. The molecule has 162 valence electrons. The highest BCUT2D eigenvalue weighted by atomic mass is 32.1. The van der Waals surface area contributed by atoms with Crippen molar-refractivity contribution >= 4 is 33.8 Å². The summed E-state index contributed by atoms with van der Waals surface area (Å²) >= 11 is 0.746. The monoisotopic (exact) mass is 449 g/mol. The molecular weight excluding hydrogens is 431 g/mol. The Labute approximate surface area is 178 Å². The average molecular weight is 449 g/mol. The van der Waals surface area contributed by atoms with E-state index in [4.69, 9.17) is 10.5 Å². The van der Waals surface area contributed by atoms with Crippen LogP contribution in [-0.2, 0) is 25.6 Å². The molecular formula is C19H18F3N7OS. The first kappa shape index (κ1) is 19.9. The van der Waals surface area contributed by atoms with Crippen LogP contribution in [0.4, 0.5) is 19.1 Å². The fraction of sp³-hybridized carbons (Fsp3) is 0.368. The third kappa shape index (κ3) is 3.55. The summed E-state index contributed by atoms with van der Waals surface area (Å²) < 4.78 is 45.6. The standard InChI is InChI=1S/C19H18F3N7OS/c1-30-12-4-2-3-10-15(12)26-18(23)29-16(10)25-14(27-29)6-8-28-7-5-13-11(9-28)24-17(31-13)19(20,21)22/h2-4H,5-9H2,1H3,(H2,23,26). The summed E-state index contributed by atoms with van der Waals surface area (Å²) in [6.07, 6.45) is -3.31. The van der Waals surface area contributed by atoms with Gasteiger partial charge in [0.15, 0.2) is 16.5 Å². The van der Waals surface area contributed by atoms with Gasteiger partial charge < -0.3 is 10.5 Å². The van der Waals surface area contributed by atoms with E-state index >= 15 is 0 Å². The number of rotatable bonds is 4. The van der Waals surface area contributed by atoms with Crippen molar-refractivity contribution < 1.29 is 17.9 Å². The lowest BCUT2D eigenvalue weighted by Gasteiger charge is -2.25. The van der Waals surface area contributed by atoms with Crippen molar-refractivity contribution in [3.8, 4) is 5.75 Å². The highest BCUT2D eigenvalue weighted by molar-refractivity contribution is 7.11. The van der Waals surface area contributed by atoms with Gasteiger partial charge in [0, 0.05) is 36.3 Å². The van der Waals surface area contributed by atoms with Gasteiger partial charge in [0.25, 0.3) is 0 Å². The summed E-state index contributed by atoms with van der Waals surface area (Å²) in [6, 6.07) is 5.53. The number of halogens is 3. The van der Waals surface area contributed by atoms with Gasteiger partial charge in [0.1, 0.15) is 11.3 Å². The van der Waals surface area contributed by atoms with Gasteiger partial charge in [-0.1, -0.05) is 6.07 Å². The smallest absolute Gasteiger partial charge is 0.443 e. The van der Waals surface area contributed by atoms with Crippen molar-refractivity contribution in [1.82, 2.24) is 29.5 Å². The molecule has 0 saturated carbocycles. The largest absolute Gasteiger partial charge is 0.494 e. The number of hydrogen-bond acceptors (Lipinski definition) is 8. The molecule has 4 heterocycles. The van der Waals surface area contributed by atoms with Gasteiger partial charge in [-0.25, -0.2) is 15.0 Å². The number of fused-ring (bicyclic) bond motifs is 4. The Hall–Kier alpha value is -2.99. The van der Waals surface area contributed by atoms with E-state index < -0.39 is 11.2 Å². The van der Waals surface area contributed by atoms with E-state index in [1.54, 1.807) is 13.2 Å². The quantitative estimate of drug-likeness (QED) is 0.512. The lowest BCUT2D eigenvalue weighted by Crippen LogP contribution is -2.32. The zero-order chi connectivity index (χ0) is 21.8. The Kier molecular flexibility index (Phi) is 4.70. The Balaban J connectivity index is 1.36. The van der Waals surface area contributed by atoms with Gasteiger partial charge in [-0.15, -0.1) is 16.4 Å². The molecule has 2 N–H and O–H groups in total. The van der Waals surface area contributed by atoms with Crippen molar-refractivity contribution in [3.63, 3.8) is 0 Å². The minimum absolute atomic E-state index is 0.204. The van der Waals surface area contributed by atoms with Crippen molar-refractivity contribution in [2.45, 2.75) is 25.6 Å². The SMILES string of the molecule is COc1cccc2c1nc(N)n1nc(CCN3CCc4sc(C(F)(F)F)nc4C3)nc21.